The van der Waals surface area contributed by atoms with Gasteiger partial charge in [0.25, 0.3) is 0 Å². The van der Waals surface area contributed by atoms with Crippen molar-refractivity contribution >= 4 is 5.82 Å². The lowest BCUT2D eigenvalue weighted by molar-refractivity contribution is 0.317. The first-order chi connectivity index (χ1) is 8.70. The molecule has 1 heterocycles. The number of hydrogen-bond donors (Lipinski definition) is 1. The number of hydrogen-bond acceptors (Lipinski definition) is 3. The molecule has 0 spiro atoms. The van der Waals surface area contributed by atoms with Crippen LogP contribution in [-0.2, 0) is 6.54 Å². The van der Waals surface area contributed by atoms with Crippen molar-refractivity contribution in [2.75, 3.05) is 12.3 Å². The number of benzene rings is 1. The maximum atomic E-state index is 5.94. The van der Waals surface area contributed by atoms with Gasteiger partial charge in [-0.1, -0.05) is 19.1 Å². The molecule has 0 fully saturated rings. The van der Waals surface area contributed by atoms with Crippen molar-refractivity contribution in [2.24, 2.45) is 0 Å². The summed E-state index contributed by atoms with van der Waals surface area (Å²) in [7, 11) is 0. The standard InChI is InChI=1S/C14H19N3O/c1-3-7-18-13-6-4-5-12(8-13)10-17-14(15)11(2)9-16-17/h4-6,8-9H,3,7,10,15H2,1-2H3. The summed E-state index contributed by atoms with van der Waals surface area (Å²) in [5.74, 6) is 1.62. The van der Waals surface area contributed by atoms with E-state index >= 15 is 0 Å². The molecule has 96 valence electrons. The molecule has 4 nitrogen and oxygen atoms in total. The quantitative estimate of drug-likeness (QED) is 0.881. The minimum atomic E-state index is 0.670. The molecule has 0 amide bonds. The van der Waals surface area contributed by atoms with Gasteiger partial charge in [-0.05, 0) is 31.0 Å². The first kappa shape index (κ1) is 12.5. The second kappa shape index (κ2) is 5.58. The van der Waals surface area contributed by atoms with Crippen molar-refractivity contribution < 1.29 is 4.74 Å². The highest BCUT2D eigenvalue weighted by molar-refractivity contribution is 5.38. The first-order valence-electron chi connectivity index (χ1n) is 6.20. The van der Waals surface area contributed by atoms with Crippen LogP contribution in [0.4, 0.5) is 5.82 Å². The Morgan fingerprint density at radius 3 is 2.89 bits per heavy atom. The van der Waals surface area contributed by atoms with Crippen molar-refractivity contribution in [1.82, 2.24) is 9.78 Å². The molecule has 1 aromatic heterocycles. The maximum Gasteiger partial charge on any atom is 0.124 e. The molecule has 0 saturated carbocycles. The van der Waals surface area contributed by atoms with Crippen molar-refractivity contribution in [3.8, 4) is 5.75 Å². The zero-order valence-corrected chi connectivity index (χ0v) is 10.9. The predicted molar refractivity (Wildman–Crippen MR) is 72.7 cm³/mol. The van der Waals surface area contributed by atoms with E-state index in [9.17, 15) is 0 Å². The van der Waals surface area contributed by atoms with Gasteiger partial charge in [0.15, 0.2) is 0 Å². The van der Waals surface area contributed by atoms with Crippen molar-refractivity contribution in [3.63, 3.8) is 0 Å². The largest absolute Gasteiger partial charge is 0.494 e. The van der Waals surface area contributed by atoms with Crippen LogP contribution in [0.1, 0.15) is 24.5 Å². The van der Waals surface area contributed by atoms with E-state index in [0.29, 0.717) is 6.54 Å². The zero-order chi connectivity index (χ0) is 13.0. The zero-order valence-electron chi connectivity index (χ0n) is 10.9. The van der Waals surface area contributed by atoms with Gasteiger partial charge in [0.1, 0.15) is 11.6 Å². The van der Waals surface area contributed by atoms with Gasteiger partial charge in [0, 0.05) is 5.56 Å². The second-order valence-electron chi connectivity index (χ2n) is 4.37. The molecule has 0 aliphatic heterocycles. The molecule has 0 atom stereocenters. The molecule has 0 radical (unpaired) electrons. The number of anilines is 1. The summed E-state index contributed by atoms with van der Waals surface area (Å²) in [5, 5.41) is 4.25. The normalized spacial score (nSPS) is 10.6. The van der Waals surface area contributed by atoms with E-state index in [-0.39, 0.29) is 0 Å². The molecule has 0 saturated heterocycles. The Kier molecular flexibility index (Phi) is 3.87. The molecular formula is C14H19N3O. The molecule has 18 heavy (non-hydrogen) atoms. The van der Waals surface area contributed by atoms with Crippen molar-refractivity contribution in [1.29, 1.82) is 0 Å². The van der Waals surface area contributed by atoms with Gasteiger partial charge in [0.2, 0.25) is 0 Å². The fourth-order valence-electron chi connectivity index (χ4n) is 1.74. The number of ether oxygens (including phenoxy) is 1. The lowest BCUT2D eigenvalue weighted by atomic mass is 10.2. The number of nitrogens with zero attached hydrogens (tertiary/aromatic N) is 2. The van der Waals surface area contributed by atoms with Crippen LogP contribution >= 0.6 is 0 Å². The van der Waals surface area contributed by atoms with E-state index < -0.39 is 0 Å². The number of nitrogens with two attached hydrogens (primary N) is 1. The number of aryl methyl sites for hydroxylation is 1. The summed E-state index contributed by atoms with van der Waals surface area (Å²) < 4.78 is 7.41. The Labute approximate surface area is 107 Å². The molecule has 0 unspecified atom stereocenters. The highest BCUT2D eigenvalue weighted by Gasteiger charge is 2.04. The smallest absolute Gasteiger partial charge is 0.124 e. The summed E-state index contributed by atoms with van der Waals surface area (Å²) >= 11 is 0. The molecule has 0 aliphatic carbocycles. The lowest BCUT2D eigenvalue weighted by Gasteiger charge is -2.08. The average molecular weight is 245 g/mol. The molecule has 0 aliphatic rings. The molecule has 4 heteroatoms. The van der Waals surface area contributed by atoms with Crippen LogP contribution < -0.4 is 10.5 Å². The summed E-state index contributed by atoms with van der Waals surface area (Å²) in [4.78, 5) is 0. The van der Waals surface area contributed by atoms with Gasteiger partial charge in [-0.2, -0.15) is 5.10 Å². The third kappa shape index (κ3) is 2.83. The number of aromatic nitrogens is 2. The summed E-state index contributed by atoms with van der Waals surface area (Å²) in [5.41, 5.74) is 8.08. The third-order valence-electron chi connectivity index (χ3n) is 2.78. The Balaban J connectivity index is 2.11. The van der Waals surface area contributed by atoms with Crippen LogP contribution in [0.15, 0.2) is 30.5 Å². The Bertz CT molecular complexity index is 520. The van der Waals surface area contributed by atoms with E-state index in [2.05, 4.69) is 18.1 Å². The summed E-state index contributed by atoms with van der Waals surface area (Å²) in [6.45, 7) is 5.46. The highest BCUT2D eigenvalue weighted by Crippen LogP contribution is 2.16. The molecule has 2 N–H and O–H groups in total. The Hall–Kier alpha value is -1.97. The summed E-state index contributed by atoms with van der Waals surface area (Å²) in [6, 6.07) is 8.05. The minimum Gasteiger partial charge on any atom is -0.494 e. The van der Waals surface area contributed by atoms with Crippen molar-refractivity contribution in [3.05, 3.63) is 41.6 Å². The first-order valence-corrected chi connectivity index (χ1v) is 6.20. The fourth-order valence-corrected chi connectivity index (χ4v) is 1.74. The van der Waals surface area contributed by atoms with Crippen LogP contribution in [0.5, 0.6) is 5.75 Å². The molecule has 2 rings (SSSR count). The van der Waals surface area contributed by atoms with Gasteiger partial charge in [-0.15, -0.1) is 0 Å². The maximum absolute atomic E-state index is 5.94. The number of nitrogen functional groups attached to an aromatic ring is 1. The molecule has 2 aromatic rings. The van der Waals surface area contributed by atoms with Crippen LogP contribution in [0.25, 0.3) is 0 Å². The van der Waals surface area contributed by atoms with Gasteiger partial charge in [-0.3, -0.25) is 0 Å². The summed E-state index contributed by atoms with van der Waals surface area (Å²) in [6.07, 6.45) is 2.79. The monoisotopic (exact) mass is 245 g/mol. The van der Waals surface area contributed by atoms with E-state index in [4.69, 9.17) is 10.5 Å². The highest BCUT2D eigenvalue weighted by atomic mass is 16.5. The van der Waals surface area contributed by atoms with Gasteiger partial charge >= 0.3 is 0 Å². The van der Waals surface area contributed by atoms with Crippen molar-refractivity contribution in [2.45, 2.75) is 26.8 Å². The fraction of sp³-hybridized carbons (Fsp3) is 0.357. The molecule has 0 bridgehead atoms. The predicted octanol–water partition coefficient (Wildman–Crippen LogP) is 2.61. The van der Waals surface area contributed by atoms with Gasteiger partial charge in [-0.25, -0.2) is 4.68 Å². The van der Waals surface area contributed by atoms with Crippen LogP contribution in [0.3, 0.4) is 0 Å². The van der Waals surface area contributed by atoms with E-state index in [0.717, 1.165) is 35.7 Å². The average Bonchev–Trinajstić information content (AvgIpc) is 2.69. The SMILES string of the molecule is CCCOc1cccc(Cn2ncc(C)c2N)c1. The van der Waals surface area contributed by atoms with E-state index in [1.165, 1.54) is 0 Å². The molecule has 1 aromatic carbocycles. The molecular weight excluding hydrogens is 226 g/mol. The Morgan fingerprint density at radius 2 is 2.22 bits per heavy atom. The topological polar surface area (TPSA) is 53.1 Å². The van der Waals surface area contributed by atoms with Crippen LogP contribution in [0, 0.1) is 6.92 Å². The lowest BCUT2D eigenvalue weighted by Crippen LogP contribution is -2.06. The Morgan fingerprint density at radius 1 is 1.39 bits per heavy atom. The third-order valence-corrected chi connectivity index (χ3v) is 2.78. The second-order valence-corrected chi connectivity index (χ2v) is 4.37. The van der Waals surface area contributed by atoms with E-state index in [1.54, 1.807) is 10.9 Å². The number of rotatable bonds is 5. The van der Waals surface area contributed by atoms with E-state index in [1.807, 2.05) is 25.1 Å². The minimum absolute atomic E-state index is 0.670. The van der Waals surface area contributed by atoms with Gasteiger partial charge < -0.3 is 10.5 Å². The van der Waals surface area contributed by atoms with Crippen LogP contribution in [0.2, 0.25) is 0 Å². The van der Waals surface area contributed by atoms with Crippen LogP contribution in [-0.4, -0.2) is 16.4 Å². The van der Waals surface area contributed by atoms with Gasteiger partial charge in [0.05, 0.1) is 19.3 Å².